The average molecular weight is 296 g/mol. The molecule has 1 aliphatic rings. The van der Waals surface area contributed by atoms with E-state index in [1.54, 1.807) is 0 Å². The van der Waals surface area contributed by atoms with Gasteiger partial charge in [0.2, 0.25) is 0 Å². The Bertz CT molecular complexity index is 142. The second kappa shape index (κ2) is 7.76. The molecule has 1 rings (SSSR count). The van der Waals surface area contributed by atoms with Crippen molar-refractivity contribution in [2.24, 2.45) is 0 Å². The lowest BCUT2D eigenvalue weighted by atomic mass is 10.2. The van der Waals surface area contributed by atoms with E-state index in [2.05, 4.69) is 34.7 Å². The van der Waals surface area contributed by atoms with Crippen molar-refractivity contribution >= 4 is 22.6 Å². The van der Waals surface area contributed by atoms with Crippen LogP contribution in [0.15, 0.2) is 12.2 Å². The van der Waals surface area contributed by atoms with Crippen molar-refractivity contribution in [2.75, 3.05) is 17.6 Å². The van der Waals surface area contributed by atoms with Crippen molar-refractivity contribution in [1.29, 1.82) is 0 Å². The summed E-state index contributed by atoms with van der Waals surface area (Å²) >= 11 is 2.37. The minimum Gasteiger partial charge on any atom is -0.353 e. The van der Waals surface area contributed by atoms with Crippen molar-refractivity contribution in [3.8, 4) is 0 Å². The van der Waals surface area contributed by atoms with Crippen LogP contribution >= 0.6 is 22.6 Å². The Morgan fingerprint density at radius 3 is 3.00 bits per heavy atom. The summed E-state index contributed by atoms with van der Waals surface area (Å²) in [6.45, 7) is 1.56. The number of hydrogen-bond acceptors (Lipinski definition) is 2. The molecular formula is C10H17IO2. The van der Waals surface area contributed by atoms with Crippen LogP contribution in [0.25, 0.3) is 0 Å². The molecule has 0 aromatic heterocycles. The standard InChI is InChI=1S/C10H17IO2/c11-7-3-1-4-8-12-10-6-2-5-9-13-10/h1,4,10H,2-3,5-9H2/b4-1+. The Morgan fingerprint density at radius 1 is 1.38 bits per heavy atom. The van der Waals surface area contributed by atoms with Gasteiger partial charge in [-0.25, -0.2) is 0 Å². The van der Waals surface area contributed by atoms with Gasteiger partial charge in [0, 0.05) is 11.0 Å². The van der Waals surface area contributed by atoms with E-state index in [9.17, 15) is 0 Å². The van der Waals surface area contributed by atoms with Crippen molar-refractivity contribution in [3.63, 3.8) is 0 Å². The first-order valence-corrected chi connectivity index (χ1v) is 6.40. The third kappa shape index (κ3) is 5.65. The average Bonchev–Trinajstić information content (AvgIpc) is 2.19. The zero-order valence-corrected chi connectivity index (χ0v) is 10.0. The molecule has 1 unspecified atom stereocenters. The van der Waals surface area contributed by atoms with Crippen molar-refractivity contribution in [3.05, 3.63) is 12.2 Å². The van der Waals surface area contributed by atoms with Gasteiger partial charge in [-0.3, -0.25) is 0 Å². The van der Waals surface area contributed by atoms with Gasteiger partial charge in [0.15, 0.2) is 6.29 Å². The molecule has 0 radical (unpaired) electrons. The maximum absolute atomic E-state index is 5.52. The second-order valence-corrected chi connectivity index (χ2v) is 4.16. The minimum atomic E-state index is 0.0537. The number of hydrogen-bond donors (Lipinski definition) is 0. The number of ether oxygens (including phenoxy) is 2. The van der Waals surface area contributed by atoms with E-state index in [4.69, 9.17) is 9.47 Å². The summed E-state index contributed by atoms with van der Waals surface area (Å²) in [5.74, 6) is 0. The Labute approximate surface area is 93.8 Å². The van der Waals surface area contributed by atoms with Crippen LogP contribution in [0.1, 0.15) is 25.7 Å². The van der Waals surface area contributed by atoms with Crippen molar-refractivity contribution in [1.82, 2.24) is 0 Å². The lowest BCUT2D eigenvalue weighted by Gasteiger charge is -2.21. The molecule has 1 aliphatic heterocycles. The molecule has 3 heteroatoms. The second-order valence-electron chi connectivity index (χ2n) is 3.08. The van der Waals surface area contributed by atoms with Crippen molar-refractivity contribution < 1.29 is 9.47 Å². The minimum absolute atomic E-state index is 0.0537. The molecule has 1 heterocycles. The smallest absolute Gasteiger partial charge is 0.157 e. The maximum atomic E-state index is 5.52. The third-order valence-corrected chi connectivity index (χ3v) is 2.58. The monoisotopic (exact) mass is 296 g/mol. The van der Waals surface area contributed by atoms with Gasteiger partial charge in [0.05, 0.1) is 6.61 Å². The van der Waals surface area contributed by atoms with Gasteiger partial charge in [-0.05, 0) is 25.7 Å². The zero-order valence-electron chi connectivity index (χ0n) is 7.88. The molecule has 0 N–H and O–H groups in total. The highest BCUT2D eigenvalue weighted by molar-refractivity contribution is 14.1. The molecule has 0 spiro atoms. The Kier molecular flexibility index (Phi) is 6.85. The summed E-state index contributed by atoms with van der Waals surface area (Å²) in [6.07, 6.45) is 8.91. The molecule has 13 heavy (non-hydrogen) atoms. The fraction of sp³-hybridized carbons (Fsp3) is 0.800. The Hall–Kier alpha value is 0.390. The fourth-order valence-corrected chi connectivity index (χ4v) is 1.61. The first-order valence-electron chi connectivity index (χ1n) is 4.87. The van der Waals surface area contributed by atoms with Gasteiger partial charge in [-0.1, -0.05) is 34.7 Å². The van der Waals surface area contributed by atoms with Crippen LogP contribution in [0.4, 0.5) is 0 Å². The van der Waals surface area contributed by atoms with E-state index < -0.39 is 0 Å². The molecule has 0 aromatic rings. The molecule has 0 bridgehead atoms. The number of halogens is 1. The summed E-state index contributed by atoms with van der Waals surface area (Å²) in [7, 11) is 0. The first kappa shape index (κ1) is 11.5. The maximum Gasteiger partial charge on any atom is 0.157 e. The summed E-state index contributed by atoms with van der Waals surface area (Å²) < 4.78 is 12.1. The van der Waals surface area contributed by atoms with Crippen LogP contribution in [0.3, 0.4) is 0 Å². The highest BCUT2D eigenvalue weighted by Crippen LogP contribution is 2.13. The van der Waals surface area contributed by atoms with E-state index in [0.29, 0.717) is 6.61 Å². The highest BCUT2D eigenvalue weighted by atomic mass is 127. The molecule has 0 amide bonds. The lowest BCUT2D eigenvalue weighted by Crippen LogP contribution is -2.22. The molecular weight excluding hydrogens is 279 g/mol. The molecule has 76 valence electrons. The predicted molar refractivity (Wildman–Crippen MR) is 62.2 cm³/mol. The van der Waals surface area contributed by atoms with Crippen LogP contribution in [-0.2, 0) is 9.47 Å². The number of allylic oxidation sites excluding steroid dienone is 1. The molecule has 1 saturated heterocycles. The van der Waals surface area contributed by atoms with E-state index >= 15 is 0 Å². The van der Waals surface area contributed by atoms with Crippen LogP contribution in [0, 0.1) is 0 Å². The van der Waals surface area contributed by atoms with Crippen LogP contribution in [-0.4, -0.2) is 23.9 Å². The van der Waals surface area contributed by atoms with Gasteiger partial charge in [-0.2, -0.15) is 0 Å². The van der Waals surface area contributed by atoms with Gasteiger partial charge in [-0.15, -0.1) is 0 Å². The van der Waals surface area contributed by atoms with Gasteiger partial charge < -0.3 is 9.47 Å². The molecule has 1 fully saturated rings. The van der Waals surface area contributed by atoms with Gasteiger partial charge in [0.1, 0.15) is 0 Å². The molecule has 0 aromatic carbocycles. The molecule has 2 nitrogen and oxygen atoms in total. The van der Waals surface area contributed by atoms with E-state index in [1.165, 1.54) is 17.3 Å². The first-order chi connectivity index (χ1) is 6.43. The normalized spacial score (nSPS) is 23.9. The summed E-state index contributed by atoms with van der Waals surface area (Å²) in [5.41, 5.74) is 0. The fourth-order valence-electron chi connectivity index (χ4n) is 1.25. The van der Waals surface area contributed by atoms with Crippen LogP contribution in [0.5, 0.6) is 0 Å². The number of alkyl halides is 1. The van der Waals surface area contributed by atoms with E-state index in [1.807, 2.05) is 0 Å². The van der Waals surface area contributed by atoms with Crippen molar-refractivity contribution in [2.45, 2.75) is 32.0 Å². The Morgan fingerprint density at radius 2 is 2.31 bits per heavy atom. The SMILES string of the molecule is ICC/C=C/COC1CCCCO1. The molecule has 1 atom stereocenters. The Balaban J connectivity index is 1.97. The van der Waals surface area contributed by atoms with Crippen LogP contribution in [0.2, 0.25) is 0 Å². The summed E-state index contributed by atoms with van der Waals surface area (Å²) in [6, 6.07) is 0. The summed E-state index contributed by atoms with van der Waals surface area (Å²) in [5, 5.41) is 0. The molecule has 0 saturated carbocycles. The quantitative estimate of drug-likeness (QED) is 0.441. The predicted octanol–water partition coefficient (Wildman–Crippen LogP) is 2.91. The van der Waals surface area contributed by atoms with E-state index in [0.717, 1.165) is 19.4 Å². The highest BCUT2D eigenvalue weighted by Gasteiger charge is 2.12. The van der Waals surface area contributed by atoms with E-state index in [-0.39, 0.29) is 6.29 Å². The van der Waals surface area contributed by atoms with Gasteiger partial charge >= 0.3 is 0 Å². The topological polar surface area (TPSA) is 18.5 Å². The zero-order chi connectivity index (χ0) is 9.36. The number of rotatable bonds is 5. The summed E-state index contributed by atoms with van der Waals surface area (Å²) in [4.78, 5) is 0. The third-order valence-electron chi connectivity index (χ3n) is 1.96. The van der Waals surface area contributed by atoms with Crippen LogP contribution < -0.4 is 0 Å². The largest absolute Gasteiger partial charge is 0.353 e. The van der Waals surface area contributed by atoms with Gasteiger partial charge in [0.25, 0.3) is 0 Å². The molecule has 0 aliphatic carbocycles. The lowest BCUT2D eigenvalue weighted by molar-refractivity contribution is -0.155.